The predicted molar refractivity (Wildman–Crippen MR) is 79.0 cm³/mol. The van der Waals surface area contributed by atoms with Crippen LogP contribution in [0, 0.1) is 11.3 Å². The molecule has 3 fully saturated rings. The standard InChI is InChI=1S/C16H26N2O3/c19-14(20)16(7-3-1-2-4-8-16)11-17-15(21)18-10-12-5-6-13(18)9-12/h12-13H,1-11H2,(H,17,21)(H,19,20). The molecule has 3 aliphatic rings. The van der Waals surface area contributed by atoms with Crippen molar-refractivity contribution in [2.24, 2.45) is 11.3 Å². The number of carboxylic acid groups (broad SMARTS) is 1. The number of nitrogens with one attached hydrogen (secondary N) is 1. The number of carbonyl (C=O) groups excluding carboxylic acids is 1. The Hall–Kier alpha value is -1.26. The van der Waals surface area contributed by atoms with Crippen LogP contribution in [0.4, 0.5) is 4.79 Å². The summed E-state index contributed by atoms with van der Waals surface area (Å²) in [4.78, 5) is 26.0. The summed E-state index contributed by atoms with van der Waals surface area (Å²) in [5.74, 6) is -0.0697. The summed E-state index contributed by atoms with van der Waals surface area (Å²) in [6, 6.07) is 0.344. The van der Waals surface area contributed by atoms with E-state index in [-0.39, 0.29) is 12.6 Å². The van der Waals surface area contributed by atoms with Crippen LogP contribution in [0.25, 0.3) is 0 Å². The maximum atomic E-state index is 12.4. The Morgan fingerprint density at radius 2 is 1.86 bits per heavy atom. The maximum absolute atomic E-state index is 12.4. The van der Waals surface area contributed by atoms with Crippen molar-refractivity contribution in [2.45, 2.75) is 63.8 Å². The van der Waals surface area contributed by atoms with E-state index >= 15 is 0 Å². The fourth-order valence-electron chi connectivity index (χ4n) is 4.39. The zero-order valence-electron chi connectivity index (χ0n) is 12.6. The molecule has 1 aliphatic heterocycles. The number of carboxylic acids is 1. The fraction of sp³-hybridized carbons (Fsp3) is 0.875. The molecule has 2 aliphatic carbocycles. The molecule has 21 heavy (non-hydrogen) atoms. The molecule has 118 valence electrons. The third kappa shape index (κ3) is 2.87. The molecule has 2 N–H and O–H groups in total. The SMILES string of the molecule is O=C(NCC1(C(=O)O)CCCCCC1)N1CC2CCC1C2. The van der Waals surface area contributed by atoms with Gasteiger partial charge in [0.15, 0.2) is 0 Å². The smallest absolute Gasteiger partial charge is 0.317 e. The number of hydrogen-bond donors (Lipinski definition) is 2. The van der Waals surface area contributed by atoms with E-state index in [2.05, 4.69) is 5.32 Å². The predicted octanol–water partition coefficient (Wildman–Crippen LogP) is 2.61. The first-order valence-corrected chi connectivity index (χ1v) is 8.39. The number of aliphatic carboxylic acids is 1. The second kappa shape index (κ2) is 5.85. The van der Waals surface area contributed by atoms with Crippen molar-refractivity contribution in [1.82, 2.24) is 10.2 Å². The minimum atomic E-state index is -0.745. The highest BCUT2D eigenvalue weighted by molar-refractivity contribution is 5.78. The molecule has 2 unspecified atom stereocenters. The van der Waals surface area contributed by atoms with E-state index in [0.29, 0.717) is 24.8 Å². The number of rotatable bonds is 3. The molecule has 5 heteroatoms. The molecule has 3 rings (SSSR count). The van der Waals surface area contributed by atoms with Gasteiger partial charge in [-0.25, -0.2) is 4.79 Å². The molecule has 2 saturated carbocycles. The van der Waals surface area contributed by atoms with Crippen LogP contribution in [0.3, 0.4) is 0 Å². The van der Waals surface area contributed by atoms with Crippen LogP contribution in [-0.2, 0) is 4.79 Å². The van der Waals surface area contributed by atoms with Crippen molar-refractivity contribution in [3.05, 3.63) is 0 Å². The summed E-state index contributed by atoms with van der Waals surface area (Å²) in [6.07, 6.45) is 9.00. The molecule has 2 bridgehead atoms. The first kappa shape index (κ1) is 14.7. The van der Waals surface area contributed by atoms with E-state index in [9.17, 15) is 14.7 Å². The Kier molecular flexibility index (Phi) is 4.09. The summed E-state index contributed by atoms with van der Waals surface area (Å²) in [7, 11) is 0. The van der Waals surface area contributed by atoms with Crippen LogP contribution in [0.2, 0.25) is 0 Å². The van der Waals surface area contributed by atoms with Crippen molar-refractivity contribution >= 4 is 12.0 Å². The summed E-state index contributed by atoms with van der Waals surface area (Å²) in [5.41, 5.74) is -0.745. The number of carbonyl (C=O) groups is 2. The third-order valence-corrected chi connectivity index (χ3v) is 5.76. The van der Waals surface area contributed by atoms with Crippen molar-refractivity contribution < 1.29 is 14.7 Å². The van der Waals surface area contributed by atoms with E-state index in [1.54, 1.807) is 0 Å². The van der Waals surface area contributed by atoms with Gasteiger partial charge in [-0.15, -0.1) is 0 Å². The van der Waals surface area contributed by atoms with E-state index in [4.69, 9.17) is 0 Å². The van der Waals surface area contributed by atoms with E-state index in [1.165, 1.54) is 6.42 Å². The van der Waals surface area contributed by atoms with Crippen LogP contribution in [0.5, 0.6) is 0 Å². The summed E-state index contributed by atoms with van der Waals surface area (Å²) >= 11 is 0. The number of fused-ring (bicyclic) bond motifs is 2. The maximum Gasteiger partial charge on any atom is 0.317 e. The number of nitrogens with zero attached hydrogens (tertiary/aromatic N) is 1. The van der Waals surface area contributed by atoms with Crippen molar-refractivity contribution in [3.8, 4) is 0 Å². The molecule has 1 heterocycles. The highest BCUT2D eigenvalue weighted by Gasteiger charge is 2.42. The second-order valence-electron chi connectivity index (χ2n) is 7.14. The molecule has 0 aromatic rings. The van der Waals surface area contributed by atoms with Gasteiger partial charge in [-0.05, 0) is 38.0 Å². The van der Waals surface area contributed by atoms with Crippen LogP contribution in [0.15, 0.2) is 0 Å². The summed E-state index contributed by atoms with van der Waals surface area (Å²) in [6.45, 7) is 1.14. The second-order valence-corrected chi connectivity index (χ2v) is 7.14. The Labute approximate surface area is 126 Å². The monoisotopic (exact) mass is 294 g/mol. The van der Waals surface area contributed by atoms with Gasteiger partial charge in [0.05, 0.1) is 5.41 Å². The molecule has 0 spiro atoms. The Balaban J connectivity index is 1.59. The van der Waals surface area contributed by atoms with Gasteiger partial charge in [0.25, 0.3) is 0 Å². The Morgan fingerprint density at radius 1 is 1.14 bits per heavy atom. The molecule has 1 saturated heterocycles. The quantitative estimate of drug-likeness (QED) is 0.786. The lowest BCUT2D eigenvalue weighted by atomic mass is 9.80. The lowest BCUT2D eigenvalue weighted by Crippen LogP contribution is -2.49. The number of urea groups is 1. The number of hydrogen-bond acceptors (Lipinski definition) is 2. The third-order valence-electron chi connectivity index (χ3n) is 5.76. The first-order valence-electron chi connectivity index (χ1n) is 8.39. The van der Waals surface area contributed by atoms with E-state index in [1.807, 2.05) is 4.90 Å². The molecule has 2 amide bonds. The van der Waals surface area contributed by atoms with E-state index in [0.717, 1.165) is 45.1 Å². The number of amides is 2. The van der Waals surface area contributed by atoms with Gasteiger partial charge in [0.2, 0.25) is 0 Å². The average molecular weight is 294 g/mol. The molecule has 5 nitrogen and oxygen atoms in total. The van der Waals surface area contributed by atoms with Gasteiger partial charge in [-0.3, -0.25) is 4.79 Å². The zero-order valence-corrected chi connectivity index (χ0v) is 12.6. The van der Waals surface area contributed by atoms with Gasteiger partial charge < -0.3 is 15.3 Å². The fourth-order valence-corrected chi connectivity index (χ4v) is 4.39. The Bertz CT molecular complexity index is 416. The molecule has 2 atom stereocenters. The summed E-state index contributed by atoms with van der Waals surface area (Å²) < 4.78 is 0. The van der Waals surface area contributed by atoms with Crippen molar-refractivity contribution in [1.29, 1.82) is 0 Å². The summed E-state index contributed by atoms with van der Waals surface area (Å²) in [5, 5.41) is 12.6. The molecule has 0 aromatic carbocycles. The first-order chi connectivity index (χ1) is 10.1. The minimum absolute atomic E-state index is 0.0490. The van der Waals surface area contributed by atoms with Crippen molar-refractivity contribution in [2.75, 3.05) is 13.1 Å². The Morgan fingerprint density at radius 3 is 2.38 bits per heavy atom. The molecular weight excluding hydrogens is 268 g/mol. The van der Waals surface area contributed by atoms with Crippen LogP contribution < -0.4 is 5.32 Å². The van der Waals surface area contributed by atoms with E-state index < -0.39 is 11.4 Å². The van der Waals surface area contributed by atoms with Crippen LogP contribution >= 0.6 is 0 Å². The highest BCUT2D eigenvalue weighted by Crippen LogP contribution is 2.38. The molecule has 0 radical (unpaired) electrons. The molecular formula is C16H26N2O3. The van der Waals surface area contributed by atoms with Gasteiger partial charge in [-0.2, -0.15) is 0 Å². The van der Waals surface area contributed by atoms with Gasteiger partial charge in [-0.1, -0.05) is 25.7 Å². The normalized spacial score (nSPS) is 31.0. The average Bonchev–Trinajstić information content (AvgIpc) is 3.01. The highest BCUT2D eigenvalue weighted by atomic mass is 16.4. The number of likely N-dealkylation sites (tertiary alicyclic amines) is 1. The lowest BCUT2D eigenvalue weighted by molar-refractivity contribution is -0.149. The molecule has 0 aromatic heterocycles. The van der Waals surface area contributed by atoms with Crippen LogP contribution in [0.1, 0.15) is 57.8 Å². The topological polar surface area (TPSA) is 69.6 Å². The van der Waals surface area contributed by atoms with Crippen molar-refractivity contribution in [3.63, 3.8) is 0 Å². The van der Waals surface area contributed by atoms with Crippen LogP contribution in [-0.4, -0.2) is 41.1 Å². The van der Waals surface area contributed by atoms with Gasteiger partial charge in [0, 0.05) is 19.1 Å². The van der Waals surface area contributed by atoms with Gasteiger partial charge in [0.1, 0.15) is 0 Å². The minimum Gasteiger partial charge on any atom is -0.481 e. The van der Waals surface area contributed by atoms with Gasteiger partial charge >= 0.3 is 12.0 Å². The number of piperidine rings is 1. The lowest BCUT2D eigenvalue weighted by Gasteiger charge is -2.31. The largest absolute Gasteiger partial charge is 0.481 e. The zero-order chi connectivity index (χ0) is 14.9.